The minimum Gasteiger partial charge on any atom is -0.396 e. The van der Waals surface area contributed by atoms with Gasteiger partial charge in [-0.05, 0) is 38.3 Å². The second-order valence-corrected chi connectivity index (χ2v) is 5.10. The molecule has 0 radical (unpaired) electrons. The Kier molecular flexibility index (Phi) is 3.62. The second-order valence-electron chi connectivity index (χ2n) is 5.10. The van der Waals surface area contributed by atoms with Gasteiger partial charge >= 0.3 is 0 Å². The number of piperidine rings is 1. The van der Waals surface area contributed by atoms with Gasteiger partial charge in [-0.25, -0.2) is 0 Å². The van der Waals surface area contributed by atoms with Gasteiger partial charge < -0.3 is 10.4 Å². The highest BCUT2D eigenvalue weighted by Gasteiger charge is 2.31. The van der Waals surface area contributed by atoms with Crippen LogP contribution >= 0.6 is 0 Å². The molecule has 1 aliphatic rings. The van der Waals surface area contributed by atoms with Crippen LogP contribution in [0, 0.1) is 12.3 Å². The summed E-state index contributed by atoms with van der Waals surface area (Å²) >= 11 is 0. The molecular weight excluding hydrogens is 198 g/mol. The average Bonchev–Trinajstić information content (AvgIpc) is 2.33. The van der Waals surface area contributed by atoms with E-state index in [0.717, 1.165) is 25.9 Å². The minimum atomic E-state index is 0.0630. The number of hydrogen-bond acceptors (Lipinski definition) is 2. The molecule has 0 saturated carbocycles. The number of rotatable bonds is 3. The molecule has 16 heavy (non-hydrogen) atoms. The third-order valence-electron chi connectivity index (χ3n) is 3.60. The quantitative estimate of drug-likeness (QED) is 0.814. The Labute approximate surface area is 97.7 Å². The Morgan fingerprint density at radius 3 is 2.62 bits per heavy atom. The number of nitrogens with one attached hydrogen (secondary N) is 1. The Morgan fingerprint density at radius 1 is 1.31 bits per heavy atom. The maximum Gasteiger partial charge on any atom is 0.0502 e. The van der Waals surface area contributed by atoms with Gasteiger partial charge in [0.25, 0.3) is 0 Å². The Bertz CT molecular complexity index is 325. The zero-order valence-corrected chi connectivity index (χ0v) is 10.00. The molecule has 2 heteroatoms. The van der Waals surface area contributed by atoms with Crippen molar-refractivity contribution in [3.8, 4) is 0 Å². The predicted octanol–water partition coefficient (Wildman–Crippen LogP) is 1.90. The van der Waals surface area contributed by atoms with Crippen LogP contribution in [0.5, 0.6) is 0 Å². The highest BCUT2D eigenvalue weighted by molar-refractivity contribution is 5.22. The van der Waals surface area contributed by atoms with Crippen molar-refractivity contribution in [2.45, 2.75) is 26.2 Å². The maximum absolute atomic E-state index is 9.62. The summed E-state index contributed by atoms with van der Waals surface area (Å²) in [7, 11) is 0. The van der Waals surface area contributed by atoms with E-state index in [1.807, 2.05) is 0 Å². The monoisotopic (exact) mass is 219 g/mol. The molecule has 1 aliphatic heterocycles. The molecule has 0 amide bonds. The summed E-state index contributed by atoms with van der Waals surface area (Å²) in [5.74, 6) is 0. The van der Waals surface area contributed by atoms with Crippen LogP contribution in [0.15, 0.2) is 24.3 Å². The highest BCUT2D eigenvalue weighted by atomic mass is 16.3. The molecule has 0 bridgehead atoms. The lowest BCUT2D eigenvalue weighted by atomic mass is 9.76. The zero-order chi connectivity index (χ0) is 11.4. The van der Waals surface area contributed by atoms with Crippen LogP contribution in [0.4, 0.5) is 0 Å². The van der Waals surface area contributed by atoms with Crippen LogP contribution in [0.1, 0.15) is 24.0 Å². The van der Waals surface area contributed by atoms with Crippen LogP contribution in [0.25, 0.3) is 0 Å². The Balaban J connectivity index is 2.08. The molecule has 1 atom stereocenters. The zero-order valence-electron chi connectivity index (χ0n) is 10.00. The van der Waals surface area contributed by atoms with Crippen LogP contribution in [0.3, 0.4) is 0 Å². The number of aryl methyl sites for hydroxylation is 1. The molecule has 1 fully saturated rings. The van der Waals surface area contributed by atoms with E-state index in [4.69, 9.17) is 0 Å². The molecule has 1 aromatic rings. The standard InChI is InChI=1S/C14H21NO/c1-12-3-5-13(6-4-12)9-14(11-16)7-2-8-15-10-14/h3-6,15-16H,2,7-11H2,1H3. The van der Waals surface area contributed by atoms with Crippen molar-refractivity contribution in [3.05, 3.63) is 35.4 Å². The fourth-order valence-corrected chi connectivity index (χ4v) is 2.51. The molecule has 2 nitrogen and oxygen atoms in total. The van der Waals surface area contributed by atoms with Crippen molar-refractivity contribution in [2.24, 2.45) is 5.41 Å². The fourth-order valence-electron chi connectivity index (χ4n) is 2.51. The molecule has 2 N–H and O–H groups in total. The van der Waals surface area contributed by atoms with E-state index in [1.54, 1.807) is 0 Å². The van der Waals surface area contributed by atoms with Gasteiger partial charge in [0, 0.05) is 12.0 Å². The summed E-state index contributed by atoms with van der Waals surface area (Å²) < 4.78 is 0. The molecule has 0 aliphatic carbocycles. The molecule has 1 heterocycles. The minimum absolute atomic E-state index is 0.0630. The normalized spacial score (nSPS) is 25.6. The van der Waals surface area contributed by atoms with Gasteiger partial charge in [-0.2, -0.15) is 0 Å². The molecule has 1 unspecified atom stereocenters. The third kappa shape index (κ3) is 2.63. The topological polar surface area (TPSA) is 32.3 Å². The third-order valence-corrected chi connectivity index (χ3v) is 3.60. The van der Waals surface area contributed by atoms with Gasteiger partial charge in [0.1, 0.15) is 0 Å². The van der Waals surface area contributed by atoms with Crippen LogP contribution in [-0.4, -0.2) is 24.8 Å². The predicted molar refractivity (Wildman–Crippen MR) is 66.5 cm³/mol. The van der Waals surface area contributed by atoms with Crippen molar-refractivity contribution in [1.82, 2.24) is 5.32 Å². The first kappa shape index (κ1) is 11.6. The lowest BCUT2D eigenvalue weighted by Gasteiger charge is -2.36. The molecule has 0 aromatic heterocycles. The van der Waals surface area contributed by atoms with Crippen LogP contribution in [-0.2, 0) is 6.42 Å². The van der Waals surface area contributed by atoms with E-state index < -0.39 is 0 Å². The van der Waals surface area contributed by atoms with E-state index in [1.165, 1.54) is 17.5 Å². The molecule has 88 valence electrons. The van der Waals surface area contributed by atoms with Crippen LogP contribution in [0.2, 0.25) is 0 Å². The van der Waals surface area contributed by atoms with Gasteiger partial charge in [-0.3, -0.25) is 0 Å². The van der Waals surface area contributed by atoms with Crippen molar-refractivity contribution >= 4 is 0 Å². The maximum atomic E-state index is 9.62. The molecular formula is C14H21NO. The summed E-state index contributed by atoms with van der Waals surface area (Å²) in [6, 6.07) is 8.66. The van der Waals surface area contributed by atoms with E-state index >= 15 is 0 Å². The molecule has 0 spiro atoms. The van der Waals surface area contributed by atoms with E-state index in [2.05, 4.69) is 36.5 Å². The number of hydrogen-bond donors (Lipinski definition) is 2. The Hall–Kier alpha value is -0.860. The molecule has 1 aromatic carbocycles. The van der Waals surface area contributed by atoms with Gasteiger partial charge in [0.15, 0.2) is 0 Å². The van der Waals surface area contributed by atoms with Gasteiger partial charge in [-0.1, -0.05) is 29.8 Å². The van der Waals surface area contributed by atoms with Crippen molar-refractivity contribution in [3.63, 3.8) is 0 Å². The van der Waals surface area contributed by atoms with Gasteiger partial charge in [0.2, 0.25) is 0 Å². The summed E-state index contributed by atoms with van der Waals surface area (Å²) in [4.78, 5) is 0. The van der Waals surface area contributed by atoms with Gasteiger partial charge in [0.05, 0.1) is 6.61 Å². The summed E-state index contributed by atoms with van der Waals surface area (Å²) in [5.41, 5.74) is 2.69. The van der Waals surface area contributed by atoms with Crippen LogP contribution < -0.4 is 5.32 Å². The number of aliphatic hydroxyl groups excluding tert-OH is 1. The van der Waals surface area contributed by atoms with E-state index in [-0.39, 0.29) is 12.0 Å². The summed E-state index contributed by atoms with van der Waals surface area (Å²) in [6.45, 7) is 4.43. The lowest BCUT2D eigenvalue weighted by molar-refractivity contribution is 0.0948. The highest BCUT2D eigenvalue weighted by Crippen LogP contribution is 2.30. The molecule has 1 saturated heterocycles. The number of benzene rings is 1. The average molecular weight is 219 g/mol. The first-order valence-electron chi connectivity index (χ1n) is 6.11. The van der Waals surface area contributed by atoms with Gasteiger partial charge in [-0.15, -0.1) is 0 Å². The first-order chi connectivity index (χ1) is 7.74. The Morgan fingerprint density at radius 2 is 2.06 bits per heavy atom. The number of aliphatic hydroxyl groups is 1. The SMILES string of the molecule is Cc1ccc(CC2(CO)CCCNC2)cc1. The first-order valence-corrected chi connectivity index (χ1v) is 6.11. The smallest absolute Gasteiger partial charge is 0.0502 e. The lowest BCUT2D eigenvalue weighted by Crippen LogP contribution is -2.44. The van der Waals surface area contributed by atoms with E-state index in [9.17, 15) is 5.11 Å². The largest absolute Gasteiger partial charge is 0.396 e. The second kappa shape index (κ2) is 4.98. The summed E-state index contributed by atoms with van der Waals surface area (Å²) in [5, 5.41) is 13.0. The summed E-state index contributed by atoms with van der Waals surface area (Å²) in [6.07, 6.45) is 3.29. The van der Waals surface area contributed by atoms with Crippen molar-refractivity contribution < 1.29 is 5.11 Å². The van der Waals surface area contributed by atoms with E-state index in [0.29, 0.717) is 0 Å². The van der Waals surface area contributed by atoms with Crippen molar-refractivity contribution in [1.29, 1.82) is 0 Å². The fraction of sp³-hybridized carbons (Fsp3) is 0.571. The van der Waals surface area contributed by atoms with Crippen molar-refractivity contribution in [2.75, 3.05) is 19.7 Å². The molecule has 2 rings (SSSR count).